The monoisotopic (exact) mass is 228 g/mol. The highest BCUT2D eigenvalue weighted by atomic mass is 16.5. The average Bonchev–Trinajstić information content (AvgIpc) is 2.29. The minimum Gasteiger partial charge on any atom is -0.374 e. The molecule has 96 valence electrons. The van der Waals surface area contributed by atoms with Gasteiger partial charge < -0.3 is 4.74 Å². The molecule has 0 aromatic carbocycles. The van der Waals surface area contributed by atoms with Gasteiger partial charge in [-0.1, -0.05) is 52.4 Å². The Hall–Kier alpha value is -0.370. The van der Waals surface area contributed by atoms with Crippen molar-refractivity contribution < 1.29 is 9.53 Å². The van der Waals surface area contributed by atoms with Crippen molar-refractivity contribution in [2.24, 2.45) is 0 Å². The lowest BCUT2D eigenvalue weighted by molar-refractivity contribution is -0.123. The van der Waals surface area contributed by atoms with Gasteiger partial charge in [0.1, 0.15) is 6.61 Å². The Balaban J connectivity index is 3.11. The van der Waals surface area contributed by atoms with Gasteiger partial charge in [0.05, 0.1) is 0 Å². The molecule has 0 aliphatic rings. The summed E-state index contributed by atoms with van der Waals surface area (Å²) in [6.45, 7) is 5.46. The van der Waals surface area contributed by atoms with E-state index in [2.05, 4.69) is 13.8 Å². The third-order valence-corrected chi connectivity index (χ3v) is 2.71. The summed E-state index contributed by atoms with van der Waals surface area (Å²) in [6.07, 6.45) is 10.2. The number of hydrogen-bond donors (Lipinski definition) is 0. The molecule has 16 heavy (non-hydrogen) atoms. The van der Waals surface area contributed by atoms with E-state index in [-0.39, 0.29) is 5.78 Å². The molecule has 0 saturated carbocycles. The fourth-order valence-corrected chi connectivity index (χ4v) is 1.64. The Morgan fingerprint density at radius 3 is 2.12 bits per heavy atom. The van der Waals surface area contributed by atoms with Crippen LogP contribution in [0.5, 0.6) is 0 Å². The lowest BCUT2D eigenvalue weighted by atomic mass is 10.1. The summed E-state index contributed by atoms with van der Waals surface area (Å²) in [5.41, 5.74) is 0. The topological polar surface area (TPSA) is 26.3 Å². The zero-order chi connectivity index (χ0) is 12.1. The zero-order valence-corrected chi connectivity index (χ0v) is 11.1. The van der Waals surface area contributed by atoms with E-state index < -0.39 is 0 Å². The maximum Gasteiger partial charge on any atom is 0.158 e. The highest BCUT2D eigenvalue weighted by Gasteiger charge is 2.01. The normalized spacial score (nSPS) is 10.6. The van der Waals surface area contributed by atoms with E-state index in [1.165, 1.54) is 38.5 Å². The first-order chi connectivity index (χ1) is 7.81. The fourth-order valence-electron chi connectivity index (χ4n) is 1.64. The molecule has 0 amide bonds. The minimum absolute atomic E-state index is 0.270. The number of hydrogen-bond acceptors (Lipinski definition) is 2. The van der Waals surface area contributed by atoms with Crippen LogP contribution in [0.3, 0.4) is 0 Å². The van der Waals surface area contributed by atoms with E-state index in [1.54, 1.807) is 0 Å². The van der Waals surface area contributed by atoms with Gasteiger partial charge in [-0.15, -0.1) is 0 Å². The maximum absolute atomic E-state index is 11.4. The van der Waals surface area contributed by atoms with Crippen molar-refractivity contribution in [2.75, 3.05) is 13.2 Å². The summed E-state index contributed by atoms with van der Waals surface area (Å²) >= 11 is 0. The van der Waals surface area contributed by atoms with Crippen LogP contribution in [-0.4, -0.2) is 19.0 Å². The van der Waals surface area contributed by atoms with Crippen LogP contribution in [-0.2, 0) is 9.53 Å². The van der Waals surface area contributed by atoms with E-state index in [0.717, 1.165) is 19.4 Å². The van der Waals surface area contributed by atoms with Crippen LogP contribution in [0.1, 0.15) is 71.6 Å². The Labute approximate surface area is 101 Å². The second kappa shape index (κ2) is 12.7. The largest absolute Gasteiger partial charge is 0.374 e. The van der Waals surface area contributed by atoms with Crippen LogP contribution < -0.4 is 0 Å². The van der Waals surface area contributed by atoms with E-state index >= 15 is 0 Å². The Kier molecular flexibility index (Phi) is 12.4. The summed E-state index contributed by atoms with van der Waals surface area (Å²) in [5.74, 6) is 0.270. The van der Waals surface area contributed by atoms with Crippen LogP contribution in [0.2, 0.25) is 0 Å². The first kappa shape index (κ1) is 15.6. The lowest BCUT2D eigenvalue weighted by Crippen LogP contribution is -2.09. The number of ether oxygens (including phenoxy) is 1. The molecule has 0 aliphatic carbocycles. The Morgan fingerprint density at radius 1 is 0.875 bits per heavy atom. The van der Waals surface area contributed by atoms with Crippen molar-refractivity contribution >= 4 is 5.78 Å². The predicted octanol–water partition coefficient (Wildman–Crippen LogP) is 4.12. The molecule has 2 heteroatoms. The van der Waals surface area contributed by atoms with Gasteiger partial charge in [0.2, 0.25) is 0 Å². The standard InChI is InChI=1S/C14H28O2/c1-3-5-7-9-11-14(15)13-16-12-10-8-6-4-2/h3-13H2,1-2H3. The third kappa shape index (κ3) is 11.7. The summed E-state index contributed by atoms with van der Waals surface area (Å²) < 4.78 is 5.35. The molecule has 0 saturated heterocycles. The molecule has 0 rings (SSSR count). The van der Waals surface area contributed by atoms with Gasteiger partial charge in [-0.05, 0) is 12.8 Å². The number of carbonyl (C=O) groups is 1. The molecule has 0 radical (unpaired) electrons. The Morgan fingerprint density at radius 2 is 1.50 bits per heavy atom. The van der Waals surface area contributed by atoms with Crippen molar-refractivity contribution in [3.63, 3.8) is 0 Å². The van der Waals surface area contributed by atoms with Gasteiger partial charge >= 0.3 is 0 Å². The van der Waals surface area contributed by atoms with Gasteiger partial charge in [0, 0.05) is 13.0 Å². The van der Waals surface area contributed by atoms with Gasteiger partial charge in [-0.2, -0.15) is 0 Å². The zero-order valence-electron chi connectivity index (χ0n) is 11.1. The highest BCUT2D eigenvalue weighted by molar-refractivity contribution is 5.79. The predicted molar refractivity (Wildman–Crippen MR) is 68.7 cm³/mol. The van der Waals surface area contributed by atoms with Crippen molar-refractivity contribution in [1.29, 1.82) is 0 Å². The summed E-state index contributed by atoms with van der Waals surface area (Å²) in [6, 6.07) is 0. The van der Waals surface area contributed by atoms with Gasteiger partial charge in [-0.25, -0.2) is 0 Å². The number of ketones is 1. The first-order valence-corrected chi connectivity index (χ1v) is 6.90. The summed E-state index contributed by atoms with van der Waals surface area (Å²) in [4.78, 5) is 11.4. The average molecular weight is 228 g/mol. The number of carbonyl (C=O) groups excluding carboxylic acids is 1. The first-order valence-electron chi connectivity index (χ1n) is 6.90. The van der Waals surface area contributed by atoms with Crippen LogP contribution in [0, 0.1) is 0 Å². The van der Waals surface area contributed by atoms with Crippen molar-refractivity contribution in [1.82, 2.24) is 0 Å². The van der Waals surface area contributed by atoms with Gasteiger partial charge in [-0.3, -0.25) is 4.79 Å². The minimum atomic E-state index is 0.270. The molecule has 0 atom stereocenters. The molecule has 0 aromatic heterocycles. The second-order valence-electron chi connectivity index (χ2n) is 4.46. The molecule has 0 spiro atoms. The SMILES string of the molecule is CCCCCCOCC(=O)CCCCCC. The number of Topliss-reactive ketones (excluding diaryl/α,β-unsaturated/α-hetero) is 1. The van der Waals surface area contributed by atoms with Crippen LogP contribution >= 0.6 is 0 Å². The molecule has 0 fully saturated rings. The highest BCUT2D eigenvalue weighted by Crippen LogP contribution is 2.03. The van der Waals surface area contributed by atoms with Gasteiger partial charge in [0.25, 0.3) is 0 Å². The molecule has 0 bridgehead atoms. The van der Waals surface area contributed by atoms with E-state index in [1.807, 2.05) is 0 Å². The molecular formula is C14H28O2. The molecular weight excluding hydrogens is 200 g/mol. The van der Waals surface area contributed by atoms with E-state index in [9.17, 15) is 4.79 Å². The number of rotatable bonds is 12. The maximum atomic E-state index is 11.4. The Bertz CT molecular complexity index is 155. The molecule has 0 aromatic rings. The van der Waals surface area contributed by atoms with Crippen molar-refractivity contribution in [2.45, 2.75) is 71.6 Å². The number of unbranched alkanes of at least 4 members (excludes halogenated alkanes) is 6. The van der Waals surface area contributed by atoms with Crippen molar-refractivity contribution in [3.05, 3.63) is 0 Å². The van der Waals surface area contributed by atoms with Crippen molar-refractivity contribution in [3.8, 4) is 0 Å². The molecule has 0 unspecified atom stereocenters. The fraction of sp³-hybridized carbons (Fsp3) is 0.929. The van der Waals surface area contributed by atoms with E-state index in [4.69, 9.17) is 4.74 Å². The van der Waals surface area contributed by atoms with Crippen LogP contribution in [0.25, 0.3) is 0 Å². The quantitative estimate of drug-likeness (QED) is 0.470. The van der Waals surface area contributed by atoms with Crippen LogP contribution in [0.4, 0.5) is 0 Å². The second-order valence-corrected chi connectivity index (χ2v) is 4.46. The summed E-state index contributed by atoms with van der Waals surface area (Å²) in [7, 11) is 0. The lowest BCUT2D eigenvalue weighted by Gasteiger charge is -2.03. The molecule has 2 nitrogen and oxygen atoms in total. The summed E-state index contributed by atoms with van der Waals surface area (Å²) in [5, 5.41) is 0. The smallest absolute Gasteiger partial charge is 0.158 e. The molecule has 0 N–H and O–H groups in total. The van der Waals surface area contributed by atoms with Gasteiger partial charge in [0.15, 0.2) is 5.78 Å². The molecule has 0 aliphatic heterocycles. The van der Waals surface area contributed by atoms with Crippen LogP contribution in [0.15, 0.2) is 0 Å². The third-order valence-electron chi connectivity index (χ3n) is 2.71. The van der Waals surface area contributed by atoms with E-state index in [0.29, 0.717) is 13.0 Å². The molecule has 0 heterocycles.